The van der Waals surface area contributed by atoms with Crippen molar-refractivity contribution in [2.24, 2.45) is 5.92 Å². The lowest BCUT2D eigenvalue weighted by atomic mass is 9.72. The van der Waals surface area contributed by atoms with Gasteiger partial charge in [0.2, 0.25) is 11.4 Å². The number of carbonyl (C=O) groups excluding carboxylic acids is 5. The minimum atomic E-state index is -3.60. The van der Waals surface area contributed by atoms with E-state index < -0.39 is 82.7 Å². The number of rotatable bonds is 21. The van der Waals surface area contributed by atoms with Crippen LogP contribution in [0.5, 0.6) is 0 Å². The van der Waals surface area contributed by atoms with Gasteiger partial charge in [-0.1, -0.05) is 33.6 Å². The second-order valence-corrected chi connectivity index (χ2v) is 10.9. The first-order valence-electron chi connectivity index (χ1n) is 13.4. The fourth-order valence-electron chi connectivity index (χ4n) is 4.25. The number of hydrogen-bond donors (Lipinski definition) is 7. The van der Waals surface area contributed by atoms with Gasteiger partial charge in [-0.3, -0.25) is 24.0 Å². The number of Topliss-reactive ketones (excluding diaryl/α,β-unsaturated/α-hetero) is 5. The Balaban J connectivity index is 6.86. The standard InChI is InChI=1S/C27H47N3O10/c1-9-10-11-17(29-7)22(34)26(39,23(35)27(40,24(36)37)13-19(31)16(4)28-6)14-20(32)25(5,38)21(33)18(30-8)12-15(2)3/h15-18,28-30,38-40H,9-14H2,1-8H3,(H,36,37)/t16-,17-,18-,25?,26?,27?/m0/s1. The maximum atomic E-state index is 13.6. The minimum Gasteiger partial charge on any atom is -0.479 e. The Hall–Kier alpha value is -2.42. The monoisotopic (exact) mass is 573 g/mol. The Morgan fingerprint density at radius 1 is 0.775 bits per heavy atom. The lowest BCUT2D eigenvalue weighted by Gasteiger charge is -2.36. The number of nitrogens with one attached hydrogen (secondary N) is 3. The number of carbonyl (C=O) groups is 6. The quantitative estimate of drug-likeness (QED) is 0.0814. The molecule has 0 rings (SSSR count). The number of aliphatic hydroxyl groups is 3. The zero-order valence-corrected chi connectivity index (χ0v) is 24.8. The molecule has 0 aromatic heterocycles. The number of carboxylic acid groups (broad SMARTS) is 1. The van der Waals surface area contributed by atoms with Crippen molar-refractivity contribution >= 4 is 34.9 Å². The zero-order chi connectivity index (χ0) is 31.6. The summed E-state index contributed by atoms with van der Waals surface area (Å²) in [5.41, 5.74) is -9.91. The molecule has 230 valence electrons. The Morgan fingerprint density at radius 3 is 1.70 bits per heavy atom. The van der Waals surface area contributed by atoms with Crippen LogP contribution in [-0.2, 0) is 28.8 Å². The molecule has 0 aliphatic rings. The zero-order valence-electron chi connectivity index (χ0n) is 24.8. The molecule has 0 aliphatic carbocycles. The summed E-state index contributed by atoms with van der Waals surface area (Å²) in [7, 11) is 4.16. The van der Waals surface area contributed by atoms with Crippen molar-refractivity contribution in [3.05, 3.63) is 0 Å². The van der Waals surface area contributed by atoms with Gasteiger partial charge >= 0.3 is 5.97 Å². The summed E-state index contributed by atoms with van der Waals surface area (Å²) < 4.78 is 0. The largest absolute Gasteiger partial charge is 0.479 e. The molecule has 40 heavy (non-hydrogen) atoms. The van der Waals surface area contributed by atoms with E-state index in [4.69, 9.17) is 0 Å². The highest BCUT2D eigenvalue weighted by molar-refractivity contribution is 6.25. The minimum absolute atomic E-state index is 0.0227. The van der Waals surface area contributed by atoms with E-state index >= 15 is 0 Å². The molecule has 6 atom stereocenters. The van der Waals surface area contributed by atoms with Crippen LogP contribution in [0.25, 0.3) is 0 Å². The van der Waals surface area contributed by atoms with Crippen molar-refractivity contribution < 1.29 is 49.2 Å². The number of ketones is 5. The van der Waals surface area contributed by atoms with Crippen LogP contribution < -0.4 is 16.0 Å². The van der Waals surface area contributed by atoms with E-state index in [2.05, 4.69) is 16.0 Å². The lowest BCUT2D eigenvalue weighted by Crippen LogP contribution is -2.66. The summed E-state index contributed by atoms with van der Waals surface area (Å²) >= 11 is 0. The highest BCUT2D eigenvalue weighted by Gasteiger charge is 2.61. The highest BCUT2D eigenvalue weighted by Crippen LogP contribution is 2.30. The first kappa shape index (κ1) is 37.6. The van der Waals surface area contributed by atoms with E-state index in [1.54, 1.807) is 13.8 Å². The molecular weight excluding hydrogens is 526 g/mol. The Kier molecular flexibility index (Phi) is 14.6. The van der Waals surface area contributed by atoms with Gasteiger partial charge in [-0.05, 0) is 53.8 Å². The van der Waals surface area contributed by atoms with Gasteiger partial charge in [-0.15, -0.1) is 0 Å². The van der Waals surface area contributed by atoms with Gasteiger partial charge in [0.25, 0.3) is 0 Å². The van der Waals surface area contributed by atoms with Crippen molar-refractivity contribution in [2.45, 2.75) is 108 Å². The lowest BCUT2D eigenvalue weighted by molar-refractivity contribution is -0.181. The van der Waals surface area contributed by atoms with Crippen LogP contribution >= 0.6 is 0 Å². The molecule has 13 heteroatoms. The molecule has 0 aromatic carbocycles. The van der Waals surface area contributed by atoms with Gasteiger partial charge in [-0.25, -0.2) is 4.79 Å². The molecule has 0 aromatic rings. The second kappa shape index (κ2) is 15.5. The summed E-state index contributed by atoms with van der Waals surface area (Å²) in [5.74, 6) is -8.97. The molecule has 0 amide bonds. The molecule has 0 saturated heterocycles. The van der Waals surface area contributed by atoms with Gasteiger partial charge in [0, 0.05) is 0 Å². The molecule has 0 spiro atoms. The topological polar surface area (TPSA) is 219 Å². The third-order valence-electron chi connectivity index (χ3n) is 7.18. The first-order valence-corrected chi connectivity index (χ1v) is 13.4. The molecule has 0 radical (unpaired) electrons. The summed E-state index contributed by atoms with van der Waals surface area (Å²) in [6, 6.07) is -3.26. The van der Waals surface area contributed by atoms with Gasteiger partial charge in [0.05, 0.1) is 31.0 Å². The number of likely N-dealkylation sites (N-methyl/N-ethyl adjacent to an activating group) is 3. The van der Waals surface area contributed by atoms with Gasteiger partial charge in [-0.2, -0.15) is 0 Å². The van der Waals surface area contributed by atoms with Gasteiger partial charge in [0.1, 0.15) is 0 Å². The molecule has 13 nitrogen and oxygen atoms in total. The van der Waals surface area contributed by atoms with E-state index in [1.165, 1.54) is 28.1 Å². The smallest absolute Gasteiger partial charge is 0.344 e. The number of carboxylic acids is 1. The molecular formula is C27H47N3O10. The summed E-state index contributed by atoms with van der Waals surface area (Å²) in [6.45, 7) is 7.62. The average Bonchev–Trinajstić information content (AvgIpc) is 2.89. The van der Waals surface area contributed by atoms with Crippen LogP contribution in [-0.4, -0.2) is 111 Å². The van der Waals surface area contributed by atoms with Crippen LogP contribution in [0, 0.1) is 5.92 Å². The Bertz CT molecular complexity index is 951. The molecule has 0 bridgehead atoms. The predicted molar refractivity (Wildman–Crippen MR) is 146 cm³/mol. The van der Waals surface area contributed by atoms with Crippen LogP contribution in [0.4, 0.5) is 0 Å². The number of unbranched alkanes of at least 4 members (excludes halogenated alkanes) is 1. The molecule has 0 aliphatic heterocycles. The summed E-state index contributed by atoms with van der Waals surface area (Å²) in [6.07, 6.45) is -1.50. The number of hydrogen-bond acceptors (Lipinski definition) is 12. The fourth-order valence-corrected chi connectivity index (χ4v) is 4.25. The summed E-state index contributed by atoms with van der Waals surface area (Å²) in [4.78, 5) is 78.3. The predicted octanol–water partition coefficient (Wildman–Crippen LogP) is -1.07. The van der Waals surface area contributed by atoms with Gasteiger partial charge < -0.3 is 36.4 Å². The fraction of sp³-hybridized carbons (Fsp3) is 0.778. The highest BCUT2D eigenvalue weighted by atomic mass is 16.4. The Morgan fingerprint density at radius 2 is 1.30 bits per heavy atom. The maximum absolute atomic E-state index is 13.6. The normalized spacial score (nSPS) is 18.5. The van der Waals surface area contributed by atoms with Crippen LogP contribution in [0.2, 0.25) is 0 Å². The average molecular weight is 574 g/mol. The third-order valence-corrected chi connectivity index (χ3v) is 7.18. The molecule has 3 unspecified atom stereocenters. The molecule has 0 fully saturated rings. The molecule has 0 heterocycles. The van der Waals surface area contributed by atoms with Crippen molar-refractivity contribution in [1.82, 2.24) is 16.0 Å². The maximum Gasteiger partial charge on any atom is 0.344 e. The van der Waals surface area contributed by atoms with Crippen LogP contribution in [0.3, 0.4) is 0 Å². The van der Waals surface area contributed by atoms with Crippen molar-refractivity contribution in [1.29, 1.82) is 0 Å². The van der Waals surface area contributed by atoms with E-state index in [0.29, 0.717) is 12.8 Å². The van der Waals surface area contributed by atoms with Gasteiger partial charge in [0.15, 0.2) is 34.3 Å². The second-order valence-electron chi connectivity index (χ2n) is 10.9. The Labute approximate surface area is 235 Å². The molecule has 0 saturated carbocycles. The first-order chi connectivity index (χ1) is 18.3. The van der Waals surface area contributed by atoms with Crippen molar-refractivity contribution in [2.75, 3.05) is 21.1 Å². The molecule has 7 N–H and O–H groups in total. The number of aliphatic carboxylic acids is 1. The van der Waals surface area contributed by atoms with E-state index in [0.717, 1.165) is 6.92 Å². The SMILES string of the molecule is CCCC[C@H](NC)C(=O)C(O)(CC(=O)C(C)(O)C(=O)[C@H](CC(C)C)NC)C(=O)C(O)(CC(=O)[C@H](C)NC)C(=O)O. The van der Waals surface area contributed by atoms with Crippen molar-refractivity contribution in [3.63, 3.8) is 0 Å². The van der Waals surface area contributed by atoms with E-state index in [1.807, 2.05) is 6.92 Å². The van der Waals surface area contributed by atoms with Crippen LogP contribution in [0.15, 0.2) is 0 Å². The third kappa shape index (κ3) is 8.79. The van der Waals surface area contributed by atoms with Crippen molar-refractivity contribution in [3.8, 4) is 0 Å². The van der Waals surface area contributed by atoms with Crippen LogP contribution in [0.1, 0.15) is 73.1 Å². The summed E-state index contributed by atoms with van der Waals surface area (Å²) in [5, 5.41) is 51.1. The van der Waals surface area contributed by atoms with E-state index in [-0.39, 0.29) is 18.8 Å². The van der Waals surface area contributed by atoms with E-state index in [9.17, 15) is 49.2 Å².